The Morgan fingerprint density at radius 3 is 2.62 bits per heavy atom. The molecule has 0 fully saturated rings. The van der Waals surface area contributed by atoms with Crippen molar-refractivity contribution in [2.75, 3.05) is 6.54 Å². The van der Waals surface area contributed by atoms with Gasteiger partial charge in [-0.3, -0.25) is 14.3 Å². The third kappa shape index (κ3) is 4.37. The average molecular weight is 388 g/mol. The minimum absolute atomic E-state index is 0.0865. The molecule has 0 unspecified atom stereocenters. The van der Waals surface area contributed by atoms with E-state index < -0.39 is 0 Å². The predicted molar refractivity (Wildman–Crippen MR) is 110 cm³/mol. The average Bonchev–Trinajstić information content (AvgIpc) is 3.10. The molecule has 1 aromatic heterocycles. The van der Waals surface area contributed by atoms with Crippen LogP contribution in [-0.4, -0.2) is 33.0 Å². The van der Waals surface area contributed by atoms with Gasteiger partial charge in [-0.2, -0.15) is 5.10 Å². The first-order valence-corrected chi connectivity index (χ1v) is 9.85. The first-order chi connectivity index (χ1) is 14.1. The number of nitrogens with one attached hydrogen (secondary N) is 1. The van der Waals surface area contributed by atoms with Crippen LogP contribution in [0.4, 0.5) is 0 Å². The Bertz CT molecular complexity index is 1030. The second-order valence-electron chi connectivity index (χ2n) is 7.38. The molecule has 3 aromatic rings. The van der Waals surface area contributed by atoms with Crippen LogP contribution in [0, 0.1) is 6.92 Å². The van der Waals surface area contributed by atoms with E-state index in [-0.39, 0.29) is 17.5 Å². The first-order valence-electron chi connectivity index (χ1n) is 9.85. The molecular weight excluding hydrogens is 364 g/mol. The summed E-state index contributed by atoms with van der Waals surface area (Å²) in [5.41, 5.74) is 4.02. The first kappa shape index (κ1) is 18.9. The summed E-state index contributed by atoms with van der Waals surface area (Å²) in [6.45, 7) is 4.30. The maximum atomic E-state index is 13.0. The lowest BCUT2D eigenvalue weighted by Gasteiger charge is -2.20. The molecule has 2 heterocycles. The quantitative estimate of drug-likeness (QED) is 0.730. The van der Waals surface area contributed by atoms with E-state index in [0.29, 0.717) is 31.9 Å². The summed E-state index contributed by atoms with van der Waals surface area (Å²) in [5, 5.41) is 7.28. The smallest absolute Gasteiger partial charge is 0.272 e. The van der Waals surface area contributed by atoms with Gasteiger partial charge in [0.2, 0.25) is 0 Å². The summed E-state index contributed by atoms with van der Waals surface area (Å²) in [4.78, 5) is 27.4. The number of rotatable bonds is 5. The van der Waals surface area contributed by atoms with Crippen LogP contribution in [-0.2, 0) is 19.6 Å². The number of fused-ring (bicyclic) bond motifs is 1. The lowest BCUT2D eigenvalue weighted by molar-refractivity contribution is 0.0745. The molecule has 2 aromatic carbocycles. The second-order valence-corrected chi connectivity index (χ2v) is 7.38. The number of aromatic nitrogens is 2. The van der Waals surface area contributed by atoms with Crippen LogP contribution in [0.2, 0.25) is 0 Å². The molecule has 0 saturated heterocycles. The van der Waals surface area contributed by atoms with Gasteiger partial charge in [-0.15, -0.1) is 0 Å². The normalized spacial score (nSPS) is 13.7. The van der Waals surface area contributed by atoms with Gasteiger partial charge in [-0.05, 0) is 24.5 Å². The highest BCUT2D eigenvalue weighted by molar-refractivity contribution is 5.98. The highest BCUT2D eigenvalue weighted by Crippen LogP contribution is 2.17. The molecule has 0 atom stereocenters. The van der Waals surface area contributed by atoms with Gasteiger partial charge in [-0.25, -0.2) is 0 Å². The van der Waals surface area contributed by atoms with E-state index in [4.69, 9.17) is 0 Å². The van der Waals surface area contributed by atoms with E-state index in [9.17, 15) is 9.59 Å². The summed E-state index contributed by atoms with van der Waals surface area (Å²) in [7, 11) is 0. The molecule has 0 spiro atoms. The monoisotopic (exact) mass is 388 g/mol. The number of carbonyl (C=O) groups is 2. The number of amides is 2. The third-order valence-electron chi connectivity index (χ3n) is 5.07. The Balaban J connectivity index is 1.47. The Morgan fingerprint density at radius 1 is 1.03 bits per heavy atom. The fourth-order valence-corrected chi connectivity index (χ4v) is 3.59. The fraction of sp³-hybridized carbons (Fsp3) is 0.261. The van der Waals surface area contributed by atoms with Crippen molar-refractivity contribution in [3.63, 3.8) is 0 Å². The Hall–Kier alpha value is -3.41. The number of benzene rings is 2. The largest absolute Gasteiger partial charge is 0.347 e. The highest BCUT2D eigenvalue weighted by Gasteiger charge is 2.26. The Labute approximate surface area is 170 Å². The molecule has 1 N–H and O–H groups in total. The van der Waals surface area contributed by atoms with E-state index in [0.717, 1.165) is 23.1 Å². The van der Waals surface area contributed by atoms with Crippen LogP contribution in [0.15, 0.2) is 60.7 Å². The Morgan fingerprint density at radius 2 is 1.83 bits per heavy atom. The molecule has 6 nitrogen and oxygen atoms in total. The van der Waals surface area contributed by atoms with Gasteiger partial charge in [0, 0.05) is 32.2 Å². The summed E-state index contributed by atoms with van der Waals surface area (Å²) < 4.78 is 1.66. The Kier molecular flexibility index (Phi) is 5.42. The summed E-state index contributed by atoms with van der Waals surface area (Å²) in [6.07, 6.45) is 0.803. The van der Waals surface area contributed by atoms with Crippen molar-refractivity contribution in [3.05, 3.63) is 88.7 Å². The zero-order valence-electron chi connectivity index (χ0n) is 16.5. The molecule has 0 bridgehead atoms. The zero-order valence-corrected chi connectivity index (χ0v) is 16.5. The van der Waals surface area contributed by atoms with Gasteiger partial charge in [0.15, 0.2) is 5.69 Å². The maximum Gasteiger partial charge on any atom is 0.272 e. The molecule has 2 amide bonds. The molecule has 6 heteroatoms. The van der Waals surface area contributed by atoms with E-state index in [2.05, 4.69) is 10.4 Å². The summed E-state index contributed by atoms with van der Waals surface area (Å²) in [6, 6.07) is 19.5. The van der Waals surface area contributed by atoms with Crippen molar-refractivity contribution < 1.29 is 9.59 Å². The van der Waals surface area contributed by atoms with Crippen LogP contribution in [0.3, 0.4) is 0 Å². The molecule has 1 aliphatic rings. The van der Waals surface area contributed by atoms with E-state index in [1.807, 2.05) is 66.4 Å². The summed E-state index contributed by atoms with van der Waals surface area (Å²) >= 11 is 0. The van der Waals surface area contributed by atoms with Crippen LogP contribution >= 0.6 is 0 Å². The predicted octanol–water partition coefficient (Wildman–Crippen LogP) is 3.17. The van der Waals surface area contributed by atoms with Crippen LogP contribution in [0.5, 0.6) is 0 Å². The molecule has 1 aliphatic heterocycles. The molecule has 0 saturated carbocycles. The van der Waals surface area contributed by atoms with Crippen molar-refractivity contribution in [1.29, 1.82) is 0 Å². The number of aryl methyl sites for hydroxylation is 2. The van der Waals surface area contributed by atoms with Crippen molar-refractivity contribution in [2.45, 2.75) is 33.0 Å². The van der Waals surface area contributed by atoms with Crippen molar-refractivity contribution in [1.82, 2.24) is 20.0 Å². The minimum atomic E-state index is -0.269. The SMILES string of the molecule is Cc1cccc(CNC(=O)c2cc3n(n2)CCCN(Cc2ccccc2)C3=O)c1. The maximum absolute atomic E-state index is 13.0. The number of nitrogens with zero attached hydrogens (tertiary/aromatic N) is 3. The molecule has 29 heavy (non-hydrogen) atoms. The van der Waals surface area contributed by atoms with E-state index in [1.165, 1.54) is 0 Å². The van der Waals surface area contributed by atoms with Gasteiger partial charge in [0.25, 0.3) is 11.8 Å². The number of hydrogen-bond donors (Lipinski definition) is 1. The van der Waals surface area contributed by atoms with Crippen LogP contribution in [0.25, 0.3) is 0 Å². The van der Waals surface area contributed by atoms with Gasteiger partial charge >= 0.3 is 0 Å². The van der Waals surface area contributed by atoms with Gasteiger partial charge < -0.3 is 10.2 Å². The minimum Gasteiger partial charge on any atom is -0.347 e. The standard InChI is InChI=1S/C23H24N4O2/c1-17-7-5-10-19(13-17)15-24-22(28)20-14-21-23(29)26(11-6-12-27(21)25-20)16-18-8-3-2-4-9-18/h2-5,7-10,13-14H,6,11-12,15-16H2,1H3,(H,24,28). The summed E-state index contributed by atoms with van der Waals surface area (Å²) in [5.74, 6) is -0.355. The van der Waals surface area contributed by atoms with Gasteiger partial charge in [-0.1, -0.05) is 60.2 Å². The molecule has 148 valence electrons. The van der Waals surface area contributed by atoms with Crippen molar-refractivity contribution >= 4 is 11.8 Å². The lowest BCUT2D eigenvalue weighted by Crippen LogP contribution is -2.30. The van der Waals surface area contributed by atoms with Gasteiger partial charge in [0.1, 0.15) is 5.69 Å². The lowest BCUT2D eigenvalue weighted by atomic mass is 10.1. The molecule has 0 aliphatic carbocycles. The molecular formula is C23H24N4O2. The number of hydrogen-bond acceptors (Lipinski definition) is 3. The van der Waals surface area contributed by atoms with Crippen molar-refractivity contribution in [2.24, 2.45) is 0 Å². The van der Waals surface area contributed by atoms with Crippen LogP contribution in [0.1, 0.15) is 44.1 Å². The third-order valence-corrected chi connectivity index (χ3v) is 5.07. The topological polar surface area (TPSA) is 67.2 Å². The van der Waals surface area contributed by atoms with E-state index >= 15 is 0 Å². The van der Waals surface area contributed by atoms with Crippen LogP contribution < -0.4 is 5.32 Å². The highest BCUT2D eigenvalue weighted by atomic mass is 16.2. The zero-order chi connectivity index (χ0) is 20.2. The van der Waals surface area contributed by atoms with Gasteiger partial charge in [0.05, 0.1) is 0 Å². The molecule has 0 radical (unpaired) electrons. The van der Waals surface area contributed by atoms with Crippen molar-refractivity contribution in [3.8, 4) is 0 Å². The molecule has 4 rings (SSSR count). The number of carbonyl (C=O) groups excluding carboxylic acids is 2. The van der Waals surface area contributed by atoms with E-state index in [1.54, 1.807) is 10.7 Å². The fourth-order valence-electron chi connectivity index (χ4n) is 3.59. The second kappa shape index (κ2) is 8.31.